The second kappa shape index (κ2) is 13.8. The topological polar surface area (TPSA) is 159 Å². The molecule has 1 amide bonds. The number of aliphatic hydroxyl groups excluding tert-OH is 1. The van der Waals surface area contributed by atoms with Crippen molar-refractivity contribution in [3.63, 3.8) is 0 Å². The number of Topliss-reactive ketones (excluding diaryl/α,β-unsaturated/α-hetero) is 1. The SMILES string of the molecule is COc1cc(NC(=O)C(/N=N/c2cc(CO)c(N(c3ccccc3)S(=O)O)cc2OC)C(C)=O)c(OC)cc1Cl. The number of para-hydroxylation sites is 1. The molecule has 3 N–H and O–H groups in total. The minimum Gasteiger partial charge on any atom is -0.495 e. The van der Waals surface area contributed by atoms with E-state index in [1.165, 1.54) is 52.5 Å². The zero-order chi connectivity index (χ0) is 29.4. The van der Waals surface area contributed by atoms with Crippen LogP contribution >= 0.6 is 11.6 Å². The Balaban J connectivity index is 1.98. The summed E-state index contributed by atoms with van der Waals surface area (Å²) in [6.07, 6.45) is 0. The lowest BCUT2D eigenvalue weighted by Crippen LogP contribution is -2.32. The van der Waals surface area contributed by atoms with Crippen LogP contribution in [-0.2, 0) is 27.5 Å². The number of hydrogen-bond donors (Lipinski definition) is 3. The van der Waals surface area contributed by atoms with Crippen LogP contribution in [0.2, 0.25) is 5.02 Å². The highest BCUT2D eigenvalue weighted by Gasteiger charge is 2.26. The van der Waals surface area contributed by atoms with Crippen molar-refractivity contribution >= 4 is 57.3 Å². The fourth-order valence-electron chi connectivity index (χ4n) is 3.63. The van der Waals surface area contributed by atoms with E-state index in [2.05, 4.69) is 15.5 Å². The highest BCUT2D eigenvalue weighted by atomic mass is 35.5. The second-order valence-electron chi connectivity index (χ2n) is 8.08. The Morgan fingerprint density at radius 3 is 2.23 bits per heavy atom. The van der Waals surface area contributed by atoms with Crippen LogP contribution in [0.15, 0.2) is 64.8 Å². The molecule has 14 heteroatoms. The number of rotatable bonds is 12. The van der Waals surface area contributed by atoms with E-state index in [9.17, 15) is 23.5 Å². The lowest BCUT2D eigenvalue weighted by atomic mass is 10.1. The smallest absolute Gasteiger partial charge is 0.266 e. The predicted molar refractivity (Wildman–Crippen MR) is 150 cm³/mol. The molecule has 0 spiro atoms. The fraction of sp³-hybridized carbons (Fsp3) is 0.231. The van der Waals surface area contributed by atoms with Gasteiger partial charge in [-0.3, -0.25) is 14.1 Å². The van der Waals surface area contributed by atoms with E-state index >= 15 is 0 Å². The summed E-state index contributed by atoms with van der Waals surface area (Å²) in [7, 11) is 4.13. The second-order valence-corrected chi connectivity index (χ2v) is 9.31. The Labute approximate surface area is 237 Å². The molecule has 0 aliphatic heterocycles. The molecule has 0 aromatic heterocycles. The molecular formula is C26H27ClN4O8S. The van der Waals surface area contributed by atoms with Crippen molar-refractivity contribution in [1.82, 2.24) is 0 Å². The number of nitrogens with zero attached hydrogens (tertiary/aromatic N) is 3. The van der Waals surface area contributed by atoms with E-state index in [0.717, 1.165) is 4.31 Å². The first-order chi connectivity index (χ1) is 19.1. The molecule has 40 heavy (non-hydrogen) atoms. The Kier molecular flexibility index (Phi) is 10.6. The van der Waals surface area contributed by atoms with Gasteiger partial charge >= 0.3 is 0 Å². The molecule has 0 fully saturated rings. The number of amides is 1. The highest BCUT2D eigenvalue weighted by Crippen LogP contribution is 2.39. The first-order valence-electron chi connectivity index (χ1n) is 11.6. The van der Waals surface area contributed by atoms with Crippen LogP contribution in [0.1, 0.15) is 12.5 Å². The monoisotopic (exact) mass is 590 g/mol. The third kappa shape index (κ3) is 6.93. The van der Waals surface area contributed by atoms with Crippen LogP contribution < -0.4 is 23.8 Å². The van der Waals surface area contributed by atoms with Crippen LogP contribution in [0, 0.1) is 0 Å². The maximum absolute atomic E-state index is 13.0. The summed E-state index contributed by atoms with van der Waals surface area (Å²) in [6.45, 7) is 0.647. The fourth-order valence-corrected chi connectivity index (χ4v) is 4.50. The zero-order valence-corrected chi connectivity index (χ0v) is 23.5. The molecule has 0 aliphatic carbocycles. The number of carbonyl (C=O) groups excluding carboxylic acids is 2. The number of azo groups is 1. The van der Waals surface area contributed by atoms with Gasteiger partial charge in [-0.1, -0.05) is 29.8 Å². The average molecular weight is 591 g/mol. The van der Waals surface area contributed by atoms with Crippen LogP contribution in [0.4, 0.5) is 22.7 Å². The number of hydrogen-bond acceptors (Lipinski definition) is 9. The summed E-state index contributed by atoms with van der Waals surface area (Å²) in [6, 6.07) is 12.5. The number of ketones is 1. The number of nitrogens with one attached hydrogen (secondary N) is 1. The van der Waals surface area contributed by atoms with Gasteiger partial charge in [0.05, 0.1) is 50.0 Å². The third-order valence-electron chi connectivity index (χ3n) is 5.56. The summed E-state index contributed by atoms with van der Waals surface area (Å²) in [5, 5.41) is 20.9. The van der Waals surface area contributed by atoms with Crippen molar-refractivity contribution in [3.05, 3.63) is 65.2 Å². The summed E-state index contributed by atoms with van der Waals surface area (Å²) >= 11 is 3.62. The molecule has 0 aliphatic rings. The number of ether oxygens (including phenoxy) is 3. The molecule has 12 nitrogen and oxygen atoms in total. The summed E-state index contributed by atoms with van der Waals surface area (Å²) < 4.78 is 39.2. The van der Waals surface area contributed by atoms with Gasteiger partial charge in [0.25, 0.3) is 17.2 Å². The van der Waals surface area contributed by atoms with E-state index < -0.39 is 35.6 Å². The summed E-state index contributed by atoms with van der Waals surface area (Å²) in [5.41, 5.74) is 1.03. The first kappa shape index (κ1) is 30.5. The van der Waals surface area contributed by atoms with E-state index in [1.807, 2.05) is 0 Å². The molecule has 2 unspecified atom stereocenters. The standard InChI is InChI=1S/C26H27ClN4O8S/c1-15(33)25(26(34)28-19-12-22(37-2)18(27)11-23(19)38-3)30-29-20-10-16(14-32)21(13-24(20)39-4)31(40(35)36)17-8-6-5-7-9-17/h5-13,25,32H,14H2,1-4H3,(H,28,34)(H,35,36)/b30-29+. The first-order valence-corrected chi connectivity index (χ1v) is 13.0. The van der Waals surface area contributed by atoms with Crippen molar-refractivity contribution in [2.24, 2.45) is 10.2 Å². The lowest BCUT2D eigenvalue weighted by molar-refractivity contribution is -0.126. The number of anilines is 3. The number of methoxy groups -OCH3 is 3. The molecule has 3 aromatic carbocycles. The van der Waals surface area contributed by atoms with Crippen molar-refractivity contribution in [2.45, 2.75) is 19.6 Å². The van der Waals surface area contributed by atoms with Crippen molar-refractivity contribution < 1.29 is 37.7 Å². The van der Waals surface area contributed by atoms with Gasteiger partial charge in [0.2, 0.25) is 6.04 Å². The number of carbonyl (C=O) groups is 2. The molecule has 2 atom stereocenters. The zero-order valence-electron chi connectivity index (χ0n) is 22.0. The van der Waals surface area contributed by atoms with Crippen molar-refractivity contribution in [1.29, 1.82) is 0 Å². The van der Waals surface area contributed by atoms with Crippen LogP contribution in [-0.4, -0.2) is 52.9 Å². The Morgan fingerprint density at radius 1 is 1.02 bits per heavy atom. The van der Waals surface area contributed by atoms with Crippen molar-refractivity contribution in [2.75, 3.05) is 31.0 Å². The predicted octanol–water partition coefficient (Wildman–Crippen LogP) is 4.81. The van der Waals surface area contributed by atoms with Gasteiger partial charge < -0.3 is 24.6 Å². The molecule has 212 valence electrons. The van der Waals surface area contributed by atoms with E-state index in [1.54, 1.807) is 30.3 Å². The minimum atomic E-state index is -2.50. The van der Waals surface area contributed by atoms with Gasteiger partial charge in [0, 0.05) is 23.8 Å². The maximum atomic E-state index is 13.0. The Hall–Kier alpha value is -4.04. The Morgan fingerprint density at radius 2 is 1.68 bits per heavy atom. The van der Waals surface area contributed by atoms with E-state index in [4.69, 9.17) is 25.8 Å². The minimum absolute atomic E-state index is 0.0665. The Bertz CT molecular complexity index is 1440. The number of aliphatic hydroxyl groups is 1. The quantitative estimate of drug-likeness (QED) is 0.154. The van der Waals surface area contributed by atoms with Crippen LogP contribution in [0.3, 0.4) is 0 Å². The lowest BCUT2D eigenvalue weighted by Gasteiger charge is -2.23. The normalized spacial score (nSPS) is 12.5. The van der Waals surface area contributed by atoms with Gasteiger partial charge in [-0.25, -0.2) is 8.51 Å². The van der Waals surface area contributed by atoms with E-state index in [0.29, 0.717) is 5.69 Å². The van der Waals surface area contributed by atoms with Gasteiger partial charge in [0.1, 0.15) is 22.9 Å². The number of halogens is 1. The van der Waals surface area contributed by atoms with Crippen LogP contribution in [0.25, 0.3) is 0 Å². The summed E-state index contributed by atoms with van der Waals surface area (Å²) in [4.78, 5) is 25.4. The van der Waals surface area contributed by atoms with Gasteiger partial charge in [-0.2, -0.15) is 10.2 Å². The third-order valence-corrected chi connectivity index (χ3v) is 6.58. The summed E-state index contributed by atoms with van der Waals surface area (Å²) in [5.74, 6) is -0.803. The molecular weight excluding hydrogens is 564 g/mol. The molecule has 0 bridgehead atoms. The molecule has 0 saturated heterocycles. The van der Waals surface area contributed by atoms with Gasteiger partial charge in [-0.05, 0) is 25.1 Å². The van der Waals surface area contributed by atoms with Crippen LogP contribution in [0.5, 0.6) is 17.2 Å². The highest BCUT2D eigenvalue weighted by molar-refractivity contribution is 7.81. The van der Waals surface area contributed by atoms with Crippen molar-refractivity contribution in [3.8, 4) is 17.2 Å². The van der Waals surface area contributed by atoms with Gasteiger partial charge in [-0.15, -0.1) is 0 Å². The molecule has 3 rings (SSSR count). The molecule has 0 saturated carbocycles. The average Bonchev–Trinajstić information content (AvgIpc) is 2.94. The molecule has 0 heterocycles. The molecule has 3 aromatic rings. The largest absolute Gasteiger partial charge is 0.495 e. The maximum Gasteiger partial charge on any atom is 0.266 e. The van der Waals surface area contributed by atoms with E-state index in [-0.39, 0.29) is 44.9 Å². The molecule has 0 radical (unpaired) electrons. The van der Waals surface area contributed by atoms with Gasteiger partial charge in [0.15, 0.2) is 5.78 Å². The number of benzene rings is 3.